The molecular weight excluding hydrogens is 240 g/mol. The van der Waals surface area contributed by atoms with Gasteiger partial charge in [0.1, 0.15) is 0 Å². The van der Waals surface area contributed by atoms with Crippen LogP contribution in [0.1, 0.15) is 43.8 Å². The summed E-state index contributed by atoms with van der Waals surface area (Å²) >= 11 is 1.78. The standard InChI is InChI=1S/C15H26N2S/c1-11-17-14(10-18-11)7-13-8-15(2,3)6-5-12(13)9-16-4/h10,12-13,16H,5-9H2,1-4H3. The third-order valence-electron chi connectivity index (χ3n) is 4.28. The molecule has 2 nitrogen and oxygen atoms in total. The van der Waals surface area contributed by atoms with Crippen molar-refractivity contribution >= 4 is 11.3 Å². The number of rotatable bonds is 4. The third kappa shape index (κ3) is 3.55. The highest BCUT2D eigenvalue weighted by Gasteiger charge is 2.34. The molecule has 0 radical (unpaired) electrons. The molecule has 0 aromatic carbocycles. The van der Waals surface area contributed by atoms with E-state index in [2.05, 4.69) is 43.5 Å². The van der Waals surface area contributed by atoms with E-state index in [0.29, 0.717) is 5.41 Å². The van der Waals surface area contributed by atoms with E-state index >= 15 is 0 Å². The van der Waals surface area contributed by atoms with Crippen molar-refractivity contribution in [1.82, 2.24) is 10.3 Å². The molecule has 102 valence electrons. The summed E-state index contributed by atoms with van der Waals surface area (Å²) in [5, 5.41) is 6.81. The van der Waals surface area contributed by atoms with Gasteiger partial charge < -0.3 is 5.32 Å². The quantitative estimate of drug-likeness (QED) is 0.899. The lowest BCUT2D eigenvalue weighted by Crippen LogP contribution is -2.36. The van der Waals surface area contributed by atoms with E-state index in [1.807, 2.05) is 0 Å². The normalized spacial score (nSPS) is 27.3. The summed E-state index contributed by atoms with van der Waals surface area (Å²) in [4.78, 5) is 4.65. The predicted octanol–water partition coefficient (Wildman–Crippen LogP) is 3.66. The van der Waals surface area contributed by atoms with Crippen LogP contribution in [0.5, 0.6) is 0 Å². The van der Waals surface area contributed by atoms with Crippen LogP contribution in [-0.4, -0.2) is 18.6 Å². The number of aryl methyl sites for hydroxylation is 1. The van der Waals surface area contributed by atoms with E-state index in [1.165, 1.54) is 36.4 Å². The molecule has 1 N–H and O–H groups in total. The predicted molar refractivity (Wildman–Crippen MR) is 79.1 cm³/mol. The molecule has 3 heteroatoms. The van der Waals surface area contributed by atoms with Crippen LogP contribution >= 0.6 is 11.3 Å². The van der Waals surface area contributed by atoms with Crippen molar-refractivity contribution in [2.45, 2.75) is 46.5 Å². The average molecular weight is 266 g/mol. The van der Waals surface area contributed by atoms with Crippen LogP contribution in [0.15, 0.2) is 5.38 Å². The molecule has 2 atom stereocenters. The fourth-order valence-electron chi connectivity index (χ4n) is 3.33. The molecule has 1 saturated carbocycles. The van der Waals surface area contributed by atoms with Gasteiger partial charge in [0.25, 0.3) is 0 Å². The molecular formula is C15H26N2S. The Balaban J connectivity index is 2.05. The molecule has 2 rings (SSSR count). The van der Waals surface area contributed by atoms with Gasteiger partial charge in [-0.25, -0.2) is 4.98 Å². The van der Waals surface area contributed by atoms with Crippen molar-refractivity contribution < 1.29 is 0 Å². The first-order chi connectivity index (χ1) is 8.50. The number of thiazole rings is 1. The van der Waals surface area contributed by atoms with Crippen LogP contribution in [0.25, 0.3) is 0 Å². The van der Waals surface area contributed by atoms with E-state index in [1.54, 1.807) is 11.3 Å². The minimum Gasteiger partial charge on any atom is -0.319 e. The Kier molecular flexibility index (Phi) is 4.44. The Labute approximate surface area is 115 Å². The third-order valence-corrected chi connectivity index (χ3v) is 5.10. The fraction of sp³-hybridized carbons (Fsp3) is 0.800. The van der Waals surface area contributed by atoms with Gasteiger partial charge in [-0.1, -0.05) is 13.8 Å². The van der Waals surface area contributed by atoms with Gasteiger partial charge in [0.2, 0.25) is 0 Å². The second-order valence-corrected chi connectivity index (χ2v) is 7.61. The van der Waals surface area contributed by atoms with Crippen LogP contribution in [-0.2, 0) is 6.42 Å². The molecule has 1 heterocycles. The first kappa shape index (κ1) is 14.0. The second-order valence-electron chi connectivity index (χ2n) is 6.55. The van der Waals surface area contributed by atoms with Crippen molar-refractivity contribution in [3.63, 3.8) is 0 Å². The van der Waals surface area contributed by atoms with Crippen LogP contribution in [0.2, 0.25) is 0 Å². The molecule has 0 aliphatic heterocycles. The largest absolute Gasteiger partial charge is 0.319 e. The summed E-state index contributed by atoms with van der Waals surface area (Å²) in [5.41, 5.74) is 1.82. The molecule has 1 aromatic rings. The number of nitrogens with zero attached hydrogens (tertiary/aromatic N) is 1. The Bertz CT molecular complexity index is 384. The summed E-state index contributed by atoms with van der Waals surface area (Å²) < 4.78 is 0. The summed E-state index contributed by atoms with van der Waals surface area (Å²) in [6.07, 6.45) is 5.24. The van der Waals surface area contributed by atoms with Gasteiger partial charge in [-0.15, -0.1) is 11.3 Å². The highest BCUT2D eigenvalue weighted by molar-refractivity contribution is 7.09. The van der Waals surface area contributed by atoms with Crippen LogP contribution in [0, 0.1) is 24.2 Å². The SMILES string of the molecule is CNCC1CCC(C)(C)CC1Cc1csc(C)n1. The maximum absolute atomic E-state index is 4.65. The zero-order chi connectivity index (χ0) is 13.2. The van der Waals surface area contributed by atoms with Crippen molar-refractivity contribution in [1.29, 1.82) is 0 Å². The van der Waals surface area contributed by atoms with E-state index in [9.17, 15) is 0 Å². The molecule has 1 aliphatic carbocycles. The van der Waals surface area contributed by atoms with Crippen LogP contribution in [0.4, 0.5) is 0 Å². The Hall–Kier alpha value is -0.410. The summed E-state index contributed by atoms with van der Waals surface area (Å²) in [6.45, 7) is 8.09. The highest BCUT2D eigenvalue weighted by Crippen LogP contribution is 2.42. The monoisotopic (exact) mass is 266 g/mol. The molecule has 0 spiro atoms. The molecule has 1 aromatic heterocycles. The van der Waals surface area contributed by atoms with Crippen molar-refractivity contribution in [2.75, 3.05) is 13.6 Å². The van der Waals surface area contributed by atoms with Crippen LogP contribution in [0.3, 0.4) is 0 Å². The smallest absolute Gasteiger partial charge is 0.0897 e. The molecule has 0 amide bonds. The van der Waals surface area contributed by atoms with Gasteiger partial charge in [-0.2, -0.15) is 0 Å². The Morgan fingerprint density at radius 1 is 1.44 bits per heavy atom. The lowest BCUT2D eigenvalue weighted by molar-refractivity contribution is 0.116. The second kappa shape index (κ2) is 5.70. The van der Waals surface area contributed by atoms with E-state index < -0.39 is 0 Å². The number of hydrogen-bond acceptors (Lipinski definition) is 3. The van der Waals surface area contributed by atoms with E-state index in [-0.39, 0.29) is 0 Å². The number of hydrogen-bond donors (Lipinski definition) is 1. The molecule has 1 fully saturated rings. The lowest BCUT2D eigenvalue weighted by atomic mass is 9.66. The minimum atomic E-state index is 0.514. The number of aromatic nitrogens is 1. The van der Waals surface area contributed by atoms with Gasteiger partial charge >= 0.3 is 0 Å². The molecule has 2 unspecified atom stereocenters. The van der Waals surface area contributed by atoms with Crippen molar-refractivity contribution in [2.24, 2.45) is 17.3 Å². The van der Waals surface area contributed by atoms with Crippen molar-refractivity contribution in [3.05, 3.63) is 16.1 Å². The van der Waals surface area contributed by atoms with E-state index in [4.69, 9.17) is 0 Å². The maximum atomic E-state index is 4.65. The van der Waals surface area contributed by atoms with Gasteiger partial charge in [-0.3, -0.25) is 0 Å². The van der Waals surface area contributed by atoms with Gasteiger partial charge in [0.05, 0.1) is 10.7 Å². The van der Waals surface area contributed by atoms with Gasteiger partial charge in [-0.05, 0) is 63.5 Å². The fourth-order valence-corrected chi connectivity index (χ4v) is 3.96. The van der Waals surface area contributed by atoms with E-state index in [0.717, 1.165) is 18.4 Å². The first-order valence-corrected chi connectivity index (χ1v) is 7.94. The molecule has 18 heavy (non-hydrogen) atoms. The van der Waals surface area contributed by atoms with Gasteiger partial charge in [0, 0.05) is 5.38 Å². The average Bonchev–Trinajstić information content (AvgIpc) is 2.68. The maximum Gasteiger partial charge on any atom is 0.0897 e. The van der Waals surface area contributed by atoms with Crippen molar-refractivity contribution in [3.8, 4) is 0 Å². The van der Waals surface area contributed by atoms with Gasteiger partial charge in [0.15, 0.2) is 0 Å². The summed E-state index contributed by atoms with van der Waals surface area (Å²) in [7, 11) is 2.07. The molecule has 0 saturated heterocycles. The zero-order valence-electron chi connectivity index (χ0n) is 12.1. The minimum absolute atomic E-state index is 0.514. The zero-order valence-corrected chi connectivity index (χ0v) is 12.9. The molecule has 0 bridgehead atoms. The summed E-state index contributed by atoms with van der Waals surface area (Å²) in [6, 6.07) is 0. The highest BCUT2D eigenvalue weighted by atomic mass is 32.1. The first-order valence-electron chi connectivity index (χ1n) is 7.06. The number of nitrogens with one attached hydrogen (secondary N) is 1. The topological polar surface area (TPSA) is 24.9 Å². The lowest BCUT2D eigenvalue weighted by Gasteiger charge is -2.40. The molecule has 1 aliphatic rings. The van der Waals surface area contributed by atoms with Crippen LogP contribution < -0.4 is 5.32 Å². The Morgan fingerprint density at radius 3 is 2.83 bits per heavy atom. The summed E-state index contributed by atoms with van der Waals surface area (Å²) in [5.74, 6) is 1.62. The Morgan fingerprint density at radius 2 is 2.22 bits per heavy atom.